The third-order valence-electron chi connectivity index (χ3n) is 2.76. The van der Waals surface area contributed by atoms with Gasteiger partial charge in [-0.3, -0.25) is 0 Å². The molecule has 0 aromatic heterocycles. The Morgan fingerprint density at radius 3 is 2.57 bits per heavy atom. The maximum atomic E-state index is 6.31. The molecule has 0 saturated carbocycles. The van der Waals surface area contributed by atoms with Crippen LogP contribution in [0, 0.1) is 11.8 Å². The molecule has 1 aromatic carbocycles. The molecule has 3 nitrogen and oxygen atoms in total. The summed E-state index contributed by atoms with van der Waals surface area (Å²) in [4.78, 5) is 0. The molecule has 0 amide bonds. The van der Waals surface area contributed by atoms with Crippen molar-refractivity contribution in [2.75, 3.05) is 13.7 Å². The van der Waals surface area contributed by atoms with Crippen molar-refractivity contribution in [3.8, 4) is 23.3 Å². The summed E-state index contributed by atoms with van der Waals surface area (Å²) in [5.41, 5.74) is 1.11. The normalized spacial score (nSPS) is 10.8. The predicted octanol–water partition coefficient (Wildman–Crippen LogP) is 4.03. The number of rotatable bonds is 6. The van der Waals surface area contributed by atoms with E-state index in [0.717, 1.165) is 12.1 Å². The summed E-state index contributed by atoms with van der Waals surface area (Å²) in [5.74, 6) is 7.02. The van der Waals surface area contributed by atoms with Crippen molar-refractivity contribution in [2.24, 2.45) is 0 Å². The van der Waals surface area contributed by atoms with Gasteiger partial charge in [0.1, 0.15) is 0 Å². The second kappa shape index (κ2) is 8.17. The van der Waals surface area contributed by atoms with E-state index < -0.39 is 0 Å². The van der Waals surface area contributed by atoms with Crippen LogP contribution in [0.3, 0.4) is 0 Å². The van der Waals surface area contributed by atoms with Gasteiger partial charge in [-0.05, 0) is 45.4 Å². The molecule has 0 spiro atoms. The lowest BCUT2D eigenvalue weighted by atomic mass is 10.1. The molecule has 0 saturated heterocycles. The average Bonchev–Trinajstić information content (AvgIpc) is 2.41. The molecule has 1 aromatic rings. The Labute approximate surface area is 133 Å². The first-order valence-electron chi connectivity index (χ1n) is 7.01. The van der Waals surface area contributed by atoms with Gasteiger partial charge < -0.3 is 14.8 Å². The van der Waals surface area contributed by atoms with E-state index in [2.05, 4.69) is 37.9 Å². The zero-order valence-electron chi connectivity index (χ0n) is 13.5. The highest BCUT2D eigenvalue weighted by Gasteiger charge is 2.14. The third kappa shape index (κ3) is 6.29. The Morgan fingerprint density at radius 1 is 1.29 bits per heavy atom. The van der Waals surface area contributed by atoms with Gasteiger partial charge in [0.15, 0.2) is 11.5 Å². The van der Waals surface area contributed by atoms with Gasteiger partial charge in [0.05, 0.1) is 18.7 Å². The van der Waals surface area contributed by atoms with E-state index in [9.17, 15) is 0 Å². The van der Waals surface area contributed by atoms with Crippen LogP contribution < -0.4 is 14.8 Å². The van der Waals surface area contributed by atoms with Crippen LogP contribution in [-0.4, -0.2) is 19.3 Å². The van der Waals surface area contributed by atoms with E-state index in [1.807, 2.05) is 19.1 Å². The van der Waals surface area contributed by atoms with Crippen LogP contribution in [0.1, 0.15) is 39.7 Å². The highest BCUT2D eigenvalue weighted by atomic mass is 35.5. The third-order valence-corrected chi connectivity index (χ3v) is 3.04. The molecule has 0 aliphatic heterocycles. The van der Waals surface area contributed by atoms with Gasteiger partial charge in [0.25, 0.3) is 0 Å². The maximum Gasteiger partial charge on any atom is 0.179 e. The Morgan fingerprint density at radius 2 is 2.00 bits per heavy atom. The van der Waals surface area contributed by atoms with Crippen molar-refractivity contribution in [1.29, 1.82) is 0 Å². The van der Waals surface area contributed by atoms with Gasteiger partial charge in [-0.1, -0.05) is 11.6 Å². The smallest absolute Gasteiger partial charge is 0.179 e. The van der Waals surface area contributed by atoms with Gasteiger partial charge in [-0.15, -0.1) is 11.8 Å². The molecule has 1 N–H and O–H groups in total. The fraction of sp³-hybridized carbons (Fsp3) is 0.529. The number of ether oxygens (including phenoxy) is 2. The van der Waals surface area contributed by atoms with Crippen molar-refractivity contribution < 1.29 is 9.47 Å². The van der Waals surface area contributed by atoms with Crippen molar-refractivity contribution in [3.05, 3.63) is 22.7 Å². The number of hydrogen-bond acceptors (Lipinski definition) is 3. The van der Waals surface area contributed by atoms with Gasteiger partial charge >= 0.3 is 0 Å². The van der Waals surface area contributed by atoms with Crippen molar-refractivity contribution >= 4 is 11.6 Å². The largest absolute Gasteiger partial charge is 0.493 e. The summed E-state index contributed by atoms with van der Waals surface area (Å²) in [5, 5.41) is 3.98. The summed E-state index contributed by atoms with van der Waals surface area (Å²) in [6, 6.07) is 3.86. The molecule has 0 atom stereocenters. The molecule has 116 valence electrons. The predicted molar refractivity (Wildman–Crippen MR) is 88.2 cm³/mol. The first-order chi connectivity index (χ1) is 9.87. The van der Waals surface area contributed by atoms with Crippen LogP contribution in [-0.2, 0) is 6.54 Å². The molecule has 1 rings (SSSR count). The van der Waals surface area contributed by atoms with Gasteiger partial charge in [0.2, 0.25) is 0 Å². The average molecular weight is 310 g/mol. The van der Waals surface area contributed by atoms with Crippen LogP contribution >= 0.6 is 11.6 Å². The number of methoxy groups -OCH3 is 1. The highest BCUT2D eigenvalue weighted by Crippen LogP contribution is 2.36. The van der Waals surface area contributed by atoms with Crippen molar-refractivity contribution in [2.45, 2.75) is 46.2 Å². The Balaban J connectivity index is 2.83. The Bertz CT molecular complexity index is 524. The van der Waals surface area contributed by atoms with Gasteiger partial charge in [-0.2, -0.15) is 0 Å². The Kier molecular flexibility index (Phi) is 6.87. The fourth-order valence-corrected chi connectivity index (χ4v) is 2.00. The zero-order valence-corrected chi connectivity index (χ0v) is 14.2. The second-order valence-corrected chi connectivity index (χ2v) is 6.15. The fourth-order valence-electron chi connectivity index (χ4n) is 1.71. The molecule has 0 aliphatic carbocycles. The second-order valence-electron chi connectivity index (χ2n) is 5.74. The summed E-state index contributed by atoms with van der Waals surface area (Å²) in [6.07, 6.45) is 0.670. The SMILES string of the molecule is CC#CCCOc1c(Cl)cc(CNC(C)(C)C)cc1OC. The van der Waals surface area contributed by atoms with Crippen molar-refractivity contribution in [1.82, 2.24) is 5.32 Å². The molecule has 0 heterocycles. The van der Waals surface area contributed by atoms with Crippen LogP contribution in [0.15, 0.2) is 12.1 Å². The highest BCUT2D eigenvalue weighted by molar-refractivity contribution is 6.32. The molecule has 0 bridgehead atoms. The molecular weight excluding hydrogens is 286 g/mol. The first kappa shape index (κ1) is 17.7. The lowest BCUT2D eigenvalue weighted by Gasteiger charge is -2.21. The number of nitrogens with one attached hydrogen (secondary N) is 1. The van der Waals surface area contributed by atoms with E-state index >= 15 is 0 Å². The quantitative estimate of drug-likeness (QED) is 0.636. The standard InChI is InChI=1S/C17H24ClNO2/c1-6-7-8-9-21-16-14(18)10-13(11-15(16)20-5)12-19-17(2,3)4/h10-11,19H,8-9,12H2,1-5H3. The number of halogens is 1. The summed E-state index contributed by atoms with van der Waals surface area (Å²) < 4.78 is 11.1. The van der Waals surface area contributed by atoms with Crippen LogP contribution in [0.25, 0.3) is 0 Å². The molecule has 0 radical (unpaired) electrons. The van der Waals surface area contributed by atoms with E-state index in [0.29, 0.717) is 29.5 Å². The van der Waals surface area contributed by atoms with E-state index in [1.54, 1.807) is 7.11 Å². The number of hydrogen-bond donors (Lipinski definition) is 1. The van der Waals surface area contributed by atoms with Crippen molar-refractivity contribution in [3.63, 3.8) is 0 Å². The van der Waals surface area contributed by atoms with E-state index in [4.69, 9.17) is 21.1 Å². The molecule has 0 fully saturated rings. The Hall–Kier alpha value is -1.37. The lowest BCUT2D eigenvalue weighted by molar-refractivity contribution is 0.301. The molecule has 0 aliphatic rings. The van der Waals surface area contributed by atoms with Crippen LogP contribution in [0.2, 0.25) is 5.02 Å². The minimum Gasteiger partial charge on any atom is -0.493 e. The van der Waals surface area contributed by atoms with Crippen LogP contribution in [0.5, 0.6) is 11.5 Å². The molecule has 4 heteroatoms. The number of benzene rings is 1. The minimum absolute atomic E-state index is 0.0493. The zero-order chi connectivity index (χ0) is 15.9. The molecular formula is C17H24ClNO2. The summed E-state index contributed by atoms with van der Waals surface area (Å²) in [7, 11) is 1.62. The monoisotopic (exact) mass is 309 g/mol. The molecule has 21 heavy (non-hydrogen) atoms. The maximum absolute atomic E-state index is 6.31. The topological polar surface area (TPSA) is 30.5 Å². The van der Waals surface area contributed by atoms with Gasteiger partial charge in [-0.25, -0.2) is 0 Å². The summed E-state index contributed by atoms with van der Waals surface area (Å²) in [6.45, 7) is 9.40. The lowest BCUT2D eigenvalue weighted by Crippen LogP contribution is -2.35. The summed E-state index contributed by atoms with van der Waals surface area (Å²) >= 11 is 6.31. The van der Waals surface area contributed by atoms with E-state index in [-0.39, 0.29) is 5.54 Å². The van der Waals surface area contributed by atoms with Gasteiger partial charge in [0, 0.05) is 18.5 Å². The first-order valence-corrected chi connectivity index (χ1v) is 7.39. The van der Waals surface area contributed by atoms with Crippen LogP contribution in [0.4, 0.5) is 0 Å². The minimum atomic E-state index is 0.0493. The molecule has 0 unspecified atom stereocenters. The van der Waals surface area contributed by atoms with E-state index in [1.165, 1.54) is 0 Å².